The monoisotopic (exact) mass is 592 g/mol. The molecular formula is C28H19Cl2FN6O4. The van der Waals surface area contributed by atoms with Crippen LogP contribution in [-0.2, 0) is 11.2 Å². The van der Waals surface area contributed by atoms with Crippen molar-refractivity contribution in [1.82, 2.24) is 24.5 Å². The van der Waals surface area contributed by atoms with Gasteiger partial charge in [0.1, 0.15) is 6.04 Å². The number of hydrogen-bond donors (Lipinski definition) is 2. The van der Waals surface area contributed by atoms with Crippen molar-refractivity contribution < 1.29 is 19.1 Å². The molecule has 206 valence electrons. The van der Waals surface area contributed by atoms with Crippen molar-refractivity contribution in [3.8, 4) is 16.9 Å². The van der Waals surface area contributed by atoms with E-state index in [4.69, 9.17) is 28.3 Å². The number of amides is 1. The molecular weight excluding hydrogens is 574 g/mol. The average Bonchev–Trinajstić information content (AvgIpc) is 3.40. The van der Waals surface area contributed by atoms with Gasteiger partial charge in [-0.25, -0.2) is 18.9 Å². The summed E-state index contributed by atoms with van der Waals surface area (Å²) in [4.78, 5) is 42.4. The van der Waals surface area contributed by atoms with E-state index in [1.54, 1.807) is 12.1 Å². The van der Waals surface area contributed by atoms with Crippen LogP contribution in [0.4, 0.5) is 10.1 Å². The molecule has 0 spiro atoms. The van der Waals surface area contributed by atoms with E-state index in [1.807, 2.05) is 18.2 Å². The molecule has 5 rings (SSSR count). The fraction of sp³-hybridized carbons (Fsp3) is 0.0714. The molecule has 0 radical (unpaired) electrons. The van der Waals surface area contributed by atoms with E-state index >= 15 is 4.39 Å². The van der Waals surface area contributed by atoms with Crippen molar-refractivity contribution in [1.29, 1.82) is 0 Å². The first-order chi connectivity index (χ1) is 19.7. The molecule has 2 heterocycles. The van der Waals surface area contributed by atoms with Crippen molar-refractivity contribution in [2.24, 2.45) is 0 Å². The van der Waals surface area contributed by atoms with Crippen LogP contribution < -0.4 is 10.9 Å². The Hall–Kier alpha value is -4.87. The normalized spacial score (nSPS) is 11.7. The summed E-state index contributed by atoms with van der Waals surface area (Å²) in [6.45, 7) is 0. The summed E-state index contributed by atoms with van der Waals surface area (Å²) in [5.41, 5.74) is 0.583. The standard InChI is InChI=1S/C28H19Cl2FN6O4/c29-19-10-11-21(37-14-23(30)34-35-37)25(26(19)31)20-13-24(38)36(15-32-20)22(12-16-4-2-1-3-5-16)27(39)33-18-8-6-17(7-9-18)28(40)41/h1-11,13-15,22H,12H2,(H,33,39)(H,40,41). The van der Waals surface area contributed by atoms with Gasteiger partial charge in [-0.1, -0.05) is 58.7 Å². The van der Waals surface area contributed by atoms with Crippen LogP contribution in [0, 0.1) is 5.82 Å². The van der Waals surface area contributed by atoms with E-state index in [0.29, 0.717) is 5.69 Å². The zero-order chi connectivity index (χ0) is 29.1. The number of carbonyl (C=O) groups excluding carboxylic acids is 1. The predicted octanol–water partition coefficient (Wildman–Crippen LogP) is 5.06. The molecule has 0 saturated carbocycles. The lowest BCUT2D eigenvalue weighted by Gasteiger charge is -2.20. The lowest BCUT2D eigenvalue weighted by atomic mass is 10.0. The van der Waals surface area contributed by atoms with Gasteiger partial charge >= 0.3 is 5.97 Å². The summed E-state index contributed by atoms with van der Waals surface area (Å²) in [5.74, 6) is -2.47. The molecule has 0 bridgehead atoms. The van der Waals surface area contributed by atoms with Crippen LogP contribution in [0.1, 0.15) is 22.0 Å². The highest BCUT2D eigenvalue weighted by atomic mass is 35.5. The van der Waals surface area contributed by atoms with Gasteiger partial charge in [0.2, 0.25) is 5.91 Å². The van der Waals surface area contributed by atoms with Crippen molar-refractivity contribution in [2.45, 2.75) is 12.5 Å². The van der Waals surface area contributed by atoms with Crippen LogP contribution in [0.15, 0.2) is 90.1 Å². The van der Waals surface area contributed by atoms with Crippen molar-refractivity contribution in [2.75, 3.05) is 5.32 Å². The number of aromatic carboxylic acids is 1. The third-order valence-corrected chi connectivity index (χ3v) is 6.65. The quantitative estimate of drug-likeness (QED) is 0.257. The van der Waals surface area contributed by atoms with Gasteiger partial charge in [0.25, 0.3) is 5.56 Å². The van der Waals surface area contributed by atoms with Gasteiger partial charge in [0.05, 0.1) is 40.1 Å². The first kappa shape index (κ1) is 27.7. The van der Waals surface area contributed by atoms with Gasteiger partial charge in [-0.3, -0.25) is 14.2 Å². The molecule has 1 amide bonds. The van der Waals surface area contributed by atoms with Crippen LogP contribution in [0.25, 0.3) is 16.9 Å². The fourth-order valence-electron chi connectivity index (χ4n) is 4.19. The number of carbonyl (C=O) groups is 2. The highest BCUT2D eigenvalue weighted by molar-refractivity contribution is 6.31. The zero-order valence-corrected chi connectivity index (χ0v) is 22.4. The van der Waals surface area contributed by atoms with Gasteiger partial charge in [-0.15, -0.1) is 5.10 Å². The van der Waals surface area contributed by atoms with E-state index in [-0.39, 0.29) is 39.1 Å². The second-order valence-electron chi connectivity index (χ2n) is 8.84. The molecule has 5 aromatic rings. The molecule has 1 atom stereocenters. The summed E-state index contributed by atoms with van der Waals surface area (Å²) in [6.07, 6.45) is 2.66. The maximum absolute atomic E-state index is 15.3. The number of nitrogens with one attached hydrogen (secondary N) is 1. The smallest absolute Gasteiger partial charge is 0.335 e. The second-order valence-corrected chi connectivity index (χ2v) is 9.63. The first-order valence-electron chi connectivity index (χ1n) is 12.0. The lowest BCUT2D eigenvalue weighted by Crippen LogP contribution is -2.34. The molecule has 0 fully saturated rings. The Balaban J connectivity index is 1.54. The minimum atomic E-state index is -1.10. The van der Waals surface area contributed by atoms with E-state index in [9.17, 15) is 14.4 Å². The Morgan fingerprint density at radius 2 is 1.76 bits per heavy atom. The molecule has 13 heteroatoms. The number of nitrogens with zero attached hydrogens (tertiary/aromatic N) is 5. The number of benzene rings is 3. The highest BCUT2D eigenvalue weighted by Crippen LogP contribution is 2.32. The summed E-state index contributed by atoms with van der Waals surface area (Å²) in [5, 5.41) is 19.3. The maximum Gasteiger partial charge on any atom is 0.335 e. The number of carboxylic acid groups (broad SMARTS) is 1. The van der Waals surface area contributed by atoms with Crippen LogP contribution >= 0.6 is 23.2 Å². The molecule has 3 aromatic carbocycles. The number of halogens is 3. The number of anilines is 1. The van der Waals surface area contributed by atoms with Crippen LogP contribution in [-0.4, -0.2) is 41.5 Å². The van der Waals surface area contributed by atoms with Gasteiger partial charge in [0.15, 0.2) is 11.0 Å². The highest BCUT2D eigenvalue weighted by Gasteiger charge is 2.25. The van der Waals surface area contributed by atoms with E-state index < -0.39 is 29.3 Å². The Morgan fingerprint density at radius 1 is 1.02 bits per heavy atom. The molecule has 2 aromatic heterocycles. The molecule has 10 nitrogen and oxygen atoms in total. The fourth-order valence-corrected chi connectivity index (χ4v) is 4.48. The van der Waals surface area contributed by atoms with Crippen LogP contribution in [0.5, 0.6) is 0 Å². The number of aromatic nitrogens is 5. The first-order valence-corrected chi connectivity index (χ1v) is 12.8. The van der Waals surface area contributed by atoms with Gasteiger partial charge in [-0.2, -0.15) is 0 Å². The van der Waals surface area contributed by atoms with Crippen LogP contribution in [0.3, 0.4) is 0 Å². The molecule has 41 heavy (non-hydrogen) atoms. The Labute approximate surface area is 241 Å². The third kappa shape index (κ3) is 6.01. The maximum atomic E-state index is 15.3. The molecule has 0 aliphatic heterocycles. The Bertz CT molecular complexity index is 1810. The number of carboxylic acids is 1. The van der Waals surface area contributed by atoms with E-state index in [1.165, 1.54) is 47.3 Å². The summed E-state index contributed by atoms with van der Waals surface area (Å²) in [6, 6.07) is 17.5. The lowest BCUT2D eigenvalue weighted by molar-refractivity contribution is -0.119. The van der Waals surface area contributed by atoms with Crippen LogP contribution in [0.2, 0.25) is 10.2 Å². The summed E-state index contributed by atoms with van der Waals surface area (Å²) < 4.78 is 17.7. The second kappa shape index (κ2) is 11.7. The minimum Gasteiger partial charge on any atom is -0.478 e. The van der Waals surface area contributed by atoms with E-state index in [0.717, 1.165) is 22.5 Å². The van der Waals surface area contributed by atoms with Gasteiger partial charge in [-0.05, 0) is 42.0 Å². The van der Waals surface area contributed by atoms with Crippen molar-refractivity contribution >= 4 is 40.8 Å². The molecule has 0 aliphatic rings. The third-order valence-electron chi connectivity index (χ3n) is 6.19. The van der Waals surface area contributed by atoms with Gasteiger partial charge < -0.3 is 10.4 Å². The zero-order valence-electron chi connectivity index (χ0n) is 20.9. The summed E-state index contributed by atoms with van der Waals surface area (Å²) >= 11 is 11.9. The van der Waals surface area contributed by atoms with Crippen molar-refractivity contribution in [3.05, 3.63) is 123 Å². The Kier molecular flexibility index (Phi) is 7.90. The minimum absolute atomic E-state index is 0.0454. The van der Waals surface area contributed by atoms with Gasteiger partial charge in [0, 0.05) is 18.2 Å². The number of rotatable bonds is 8. The van der Waals surface area contributed by atoms with Crippen molar-refractivity contribution in [3.63, 3.8) is 0 Å². The topological polar surface area (TPSA) is 132 Å². The average molecular weight is 593 g/mol. The van der Waals surface area contributed by atoms with E-state index in [2.05, 4.69) is 20.6 Å². The SMILES string of the molecule is O=C(O)c1ccc(NC(=O)C(Cc2ccccc2)n2cnc(-c3c(-n4cc(Cl)nn4)ccc(Cl)c3F)cc2=O)cc1. The predicted molar refractivity (Wildman–Crippen MR) is 150 cm³/mol. The molecule has 0 aliphatic carbocycles. The molecule has 2 N–H and O–H groups in total. The Morgan fingerprint density at radius 3 is 2.39 bits per heavy atom. The largest absolute Gasteiger partial charge is 0.478 e. The molecule has 1 unspecified atom stereocenters. The molecule has 0 saturated heterocycles. The number of hydrogen-bond acceptors (Lipinski definition) is 6. The summed E-state index contributed by atoms with van der Waals surface area (Å²) in [7, 11) is 0.